The molecule has 28 heavy (non-hydrogen) atoms. The molecule has 3 aromatic rings. The Bertz CT molecular complexity index is 1070. The number of imidazole rings is 1. The number of oxazole rings is 1. The van der Waals surface area contributed by atoms with Gasteiger partial charge in [-0.2, -0.15) is 0 Å². The average molecular weight is 403 g/mol. The number of allylic oxidation sites excluding steroid dienone is 2. The van der Waals surface area contributed by atoms with Crippen molar-refractivity contribution in [1.82, 2.24) is 19.5 Å². The normalized spacial score (nSPS) is 11.4. The molecule has 0 unspecified atom stereocenters. The number of pyridine rings is 1. The van der Waals surface area contributed by atoms with Crippen LogP contribution in [0.15, 0.2) is 28.8 Å². The summed E-state index contributed by atoms with van der Waals surface area (Å²) in [4.78, 5) is 37.0. The SMILES string of the molecule is CCc1nc(C)oc1C(=O)Nc1nc2cc(C(N)=O)cnc2n1C/C=C/CCl. The number of carbonyl (C=O) groups excluding carboxylic acids is 2. The number of carbonyl (C=O) groups is 2. The van der Waals surface area contributed by atoms with Crippen molar-refractivity contribution in [3.05, 3.63) is 47.3 Å². The lowest BCUT2D eigenvalue weighted by Crippen LogP contribution is -2.17. The molecule has 0 bridgehead atoms. The van der Waals surface area contributed by atoms with Gasteiger partial charge in [-0.05, 0) is 12.5 Å². The van der Waals surface area contributed by atoms with Crippen molar-refractivity contribution < 1.29 is 14.0 Å². The second-order valence-electron chi connectivity index (χ2n) is 5.92. The minimum atomic E-state index is -0.610. The Hall–Kier alpha value is -3.20. The van der Waals surface area contributed by atoms with Gasteiger partial charge in [0.2, 0.25) is 17.6 Å². The molecular formula is C18H19ClN6O3. The first-order valence-corrected chi connectivity index (χ1v) is 9.12. The summed E-state index contributed by atoms with van der Waals surface area (Å²) in [6.07, 6.45) is 5.52. The largest absolute Gasteiger partial charge is 0.436 e. The van der Waals surface area contributed by atoms with Crippen molar-refractivity contribution in [2.45, 2.75) is 26.8 Å². The second kappa shape index (κ2) is 8.22. The Balaban J connectivity index is 2.02. The van der Waals surface area contributed by atoms with E-state index in [1.54, 1.807) is 17.6 Å². The molecule has 0 aliphatic rings. The minimum absolute atomic E-state index is 0.140. The highest BCUT2D eigenvalue weighted by molar-refractivity contribution is 6.18. The fourth-order valence-corrected chi connectivity index (χ4v) is 2.83. The number of aromatic nitrogens is 4. The van der Waals surface area contributed by atoms with Crippen molar-refractivity contribution >= 4 is 40.5 Å². The minimum Gasteiger partial charge on any atom is -0.436 e. The third-order valence-corrected chi connectivity index (χ3v) is 4.16. The van der Waals surface area contributed by atoms with E-state index in [1.165, 1.54) is 12.3 Å². The lowest BCUT2D eigenvalue weighted by Gasteiger charge is -2.07. The molecular weight excluding hydrogens is 384 g/mol. The second-order valence-corrected chi connectivity index (χ2v) is 6.23. The van der Waals surface area contributed by atoms with Crippen molar-refractivity contribution in [3.63, 3.8) is 0 Å². The average Bonchev–Trinajstić information content (AvgIpc) is 3.21. The van der Waals surface area contributed by atoms with Crippen LogP contribution >= 0.6 is 11.6 Å². The van der Waals surface area contributed by atoms with Gasteiger partial charge in [-0.25, -0.2) is 15.0 Å². The molecule has 0 atom stereocenters. The van der Waals surface area contributed by atoms with Gasteiger partial charge < -0.3 is 10.2 Å². The summed E-state index contributed by atoms with van der Waals surface area (Å²) >= 11 is 5.69. The number of nitrogens with two attached hydrogens (primary N) is 1. The van der Waals surface area contributed by atoms with Gasteiger partial charge in [0, 0.05) is 25.5 Å². The number of nitrogens with zero attached hydrogens (tertiary/aromatic N) is 4. The molecule has 3 heterocycles. The maximum absolute atomic E-state index is 12.7. The van der Waals surface area contributed by atoms with Crippen molar-refractivity contribution in [1.29, 1.82) is 0 Å². The van der Waals surface area contributed by atoms with Gasteiger partial charge in [0.25, 0.3) is 5.91 Å². The molecule has 146 valence electrons. The van der Waals surface area contributed by atoms with Gasteiger partial charge in [-0.15, -0.1) is 11.6 Å². The Morgan fingerprint density at radius 2 is 2.14 bits per heavy atom. The van der Waals surface area contributed by atoms with E-state index in [4.69, 9.17) is 21.8 Å². The van der Waals surface area contributed by atoms with Crippen LogP contribution in [0.4, 0.5) is 5.95 Å². The zero-order chi connectivity index (χ0) is 20.3. The molecule has 0 radical (unpaired) electrons. The van der Waals surface area contributed by atoms with Crippen LogP contribution in [0.3, 0.4) is 0 Å². The standard InChI is InChI=1S/C18H19ClN6O3/c1-3-12-14(28-10(2)22-12)17(27)24-18-23-13-8-11(15(20)26)9-21-16(13)25(18)7-5-4-6-19/h4-5,8-9H,3,6-7H2,1-2H3,(H2,20,26)(H,23,24,27)/b5-4+. The molecule has 9 nitrogen and oxygen atoms in total. The first-order valence-electron chi connectivity index (χ1n) is 8.59. The number of fused-ring (bicyclic) bond motifs is 1. The molecule has 2 amide bonds. The van der Waals surface area contributed by atoms with Gasteiger partial charge >= 0.3 is 0 Å². The maximum Gasteiger partial charge on any atom is 0.295 e. The van der Waals surface area contributed by atoms with Gasteiger partial charge in [0.15, 0.2) is 11.5 Å². The van der Waals surface area contributed by atoms with Gasteiger partial charge in [-0.1, -0.05) is 19.1 Å². The van der Waals surface area contributed by atoms with E-state index in [-0.39, 0.29) is 17.3 Å². The summed E-state index contributed by atoms with van der Waals surface area (Å²) in [5.41, 5.74) is 7.02. The summed E-state index contributed by atoms with van der Waals surface area (Å²) in [5, 5.41) is 2.74. The summed E-state index contributed by atoms with van der Waals surface area (Å²) < 4.78 is 7.12. The van der Waals surface area contributed by atoms with Crippen LogP contribution in [-0.4, -0.2) is 37.2 Å². The quantitative estimate of drug-likeness (QED) is 0.461. The molecule has 0 spiro atoms. The van der Waals surface area contributed by atoms with Gasteiger partial charge in [-0.3, -0.25) is 19.5 Å². The smallest absolute Gasteiger partial charge is 0.295 e. The number of alkyl halides is 1. The molecule has 0 saturated carbocycles. The summed E-state index contributed by atoms with van der Waals surface area (Å²) in [6, 6.07) is 1.53. The van der Waals surface area contributed by atoms with Crippen LogP contribution in [0, 0.1) is 6.92 Å². The summed E-state index contributed by atoms with van der Waals surface area (Å²) in [7, 11) is 0. The maximum atomic E-state index is 12.7. The highest BCUT2D eigenvalue weighted by atomic mass is 35.5. The number of amides is 2. The molecule has 3 rings (SSSR count). The van der Waals surface area contributed by atoms with Gasteiger partial charge in [0.1, 0.15) is 5.52 Å². The monoisotopic (exact) mass is 402 g/mol. The molecule has 0 aliphatic carbocycles. The summed E-state index contributed by atoms with van der Waals surface area (Å²) in [5.74, 6) is 0.0790. The Labute approximate surface area is 165 Å². The van der Waals surface area contributed by atoms with Gasteiger partial charge in [0.05, 0.1) is 11.3 Å². The third kappa shape index (κ3) is 3.89. The molecule has 3 N–H and O–H groups in total. The van der Waals surface area contributed by atoms with Crippen LogP contribution in [0.25, 0.3) is 11.2 Å². The van der Waals surface area contributed by atoms with E-state index < -0.39 is 11.8 Å². The number of primary amides is 1. The zero-order valence-corrected chi connectivity index (χ0v) is 16.2. The number of hydrogen-bond acceptors (Lipinski definition) is 6. The summed E-state index contributed by atoms with van der Waals surface area (Å²) in [6.45, 7) is 3.94. The van der Waals surface area contributed by atoms with Crippen molar-refractivity contribution in [3.8, 4) is 0 Å². The van der Waals surface area contributed by atoms with E-state index in [2.05, 4.69) is 20.3 Å². The highest BCUT2D eigenvalue weighted by Gasteiger charge is 2.21. The number of halogens is 1. The van der Waals surface area contributed by atoms with E-state index in [1.807, 2.05) is 13.0 Å². The van der Waals surface area contributed by atoms with E-state index in [0.717, 1.165) is 0 Å². The predicted octanol–water partition coefficient (Wildman–Crippen LogP) is 2.44. The van der Waals surface area contributed by atoms with E-state index >= 15 is 0 Å². The lowest BCUT2D eigenvalue weighted by atomic mass is 10.2. The van der Waals surface area contributed by atoms with Crippen LogP contribution in [0.2, 0.25) is 0 Å². The molecule has 10 heteroatoms. The number of nitrogens with one attached hydrogen (secondary N) is 1. The first kappa shape index (κ1) is 19.6. The lowest BCUT2D eigenvalue weighted by molar-refractivity contribution is 0.0988. The van der Waals surface area contributed by atoms with Crippen LogP contribution in [0.5, 0.6) is 0 Å². The number of rotatable bonds is 7. The molecule has 0 fully saturated rings. The molecule has 3 aromatic heterocycles. The van der Waals surface area contributed by atoms with Crippen LogP contribution in [-0.2, 0) is 13.0 Å². The van der Waals surface area contributed by atoms with Crippen molar-refractivity contribution in [2.24, 2.45) is 5.73 Å². The topological polar surface area (TPSA) is 129 Å². The number of anilines is 1. The number of hydrogen-bond donors (Lipinski definition) is 2. The number of aryl methyl sites for hydroxylation is 2. The fourth-order valence-electron chi connectivity index (χ4n) is 2.70. The Morgan fingerprint density at radius 1 is 1.36 bits per heavy atom. The Kier molecular flexibility index (Phi) is 5.74. The Morgan fingerprint density at radius 3 is 2.82 bits per heavy atom. The van der Waals surface area contributed by atoms with Crippen LogP contribution in [0.1, 0.15) is 39.4 Å². The third-order valence-electron chi connectivity index (χ3n) is 3.98. The highest BCUT2D eigenvalue weighted by Crippen LogP contribution is 2.21. The fraction of sp³-hybridized carbons (Fsp3) is 0.278. The zero-order valence-electron chi connectivity index (χ0n) is 15.4. The van der Waals surface area contributed by atoms with E-state index in [9.17, 15) is 9.59 Å². The predicted molar refractivity (Wildman–Crippen MR) is 104 cm³/mol. The van der Waals surface area contributed by atoms with E-state index in [0.29, 0.717) is 41.6 Å². The molecule has 0 aliphatic heterocycles. The van der Waals surface area contributed by atoms with Crippen LogP contribution < -0.4 is 11.1 Å². The molecule has 0 aromatic carbocycles. The molecule has 0 saturated heterocycles. The van der Waals surface area contributed by atoms with Crippen molar-refractivity contribution in [2.75, 3.05) is 11.2 Å². The first-order chi connectivity index (χ1) is 13.4.